The molecule has 78 valence electrons. The Labute approximate surface area is 76.7 Å². The lowest BCUT2D eigenvalue weighted by Crippen LogP contribution is -1.81. The second kappa shape index (κ2) is 10.5. The Morgan fingerprint density at radius 3 is 1.07 bits per heavy atom. The van der Waals surface area contributed by atoms with Crippen LogP contribution in [0.15, 0.2) is 24.8 Å². The molecule has 1 rings (SSSR count). The van der Waals surface area contributed by atoms with Gasteiger partial charge in [0.2, 0.25) is 0 Å². The molecule has 0 aliphatic heterocycles. The maximum absolute atomic E-state index is 8.36. The fraction of sp³-hybridized carbons (Fsp3) is 0. The summed E-state index contributed by atoms with van der Waals surface area (Å²) in [7, 11) is 0. The molecule has 0 spiro atoms. The minimum absolute atomic E-state index is 1.50. The predicted octanol–water partition coefficient (Wildman–Crippen LogP) is -0.219. The highest BCUT2D eigenvalue weighted by molar-refractivity contribution is 4.70. The van der Waals surface area contributed by atoms with E-state index >= 15 is 0 Å². The largest absolute Gasteiger partial charge is 0.328 e. The Morgan fingerprint density at radius 2 is 1.00 bits per heavy atom. The van der Waals surface area contributed by atoms with E-state index in [-0.39, 0.29) is 0 Å². The summed E-state index contributed by atoms with van der Waals surface area (Å²) < 4.78 is 0. The third kappa shape index (κ3) is 56.3. The molecular weight excluding hydrogens is 200 g/mol. The van der Waals surface area contributed by atoms with Crippen molar-refractivity contribution in [3.8, 4) is 0 Å². The normalized spacial score (nSPS) is 6.86. The van der Waals surface area contributed by atoms with Gasteiger partial charge in [-0.05, 0) is 0 Å². The Hall–Kier alpha value is -2.52. The second-order valence-electron chi connectivity index (χ2n) is 1.37. The van der Waals surface area contributed by atoms with Crippen molar-refractivity contribution in [1.82, 2.24) is 9.97 Å². The van der Waals surface area contributed by atoms with Crippen molar-refractivity contribution < 1.29 is 20.6 Å². The minimum Gasteiger partial charge on any atom is -0.328 e. The summed E-state index contributed by atoms with van der Waals surface area (Å²) in [6, 6.07) is 0. The zero-order chi connectivity index (χ0) is 11.4. The molecule has 1 aromatic heterocycles. The van der Waals surface area contributed by atoms with E-state index in [0.29, 0.717) is 0 Å². The molecule has 0 saturated heterocycles. The lowest BCUT2D eigenvalue weighted by molar-refractivity contribution is -0.742. The maximum atomic E-state index is 8.36. The van der Waals surface area contributed by atoms with Gasteiger partial charge in [-0.3, -0.25) is 9.97 Å². The predicted molar refractivity (Wildman–Crippen MR) is 39.6 cm³/mol. The van der Waals surface area contributed by atoms with Crippen LogP contribution in [0.3, 0.4) is 0 Å². The van der Waals surface area contributed by atoms with Crippen molar-refractivity contribution in [2.24, 2.45) is 0 Å². The van der Waals surface area contributed by atoms with Gasteiger partial charge in [-0.15, -0.1) is 20.2 Å². The second-order valence-corrected chi connectivity index (χ2v) is 1.37. The van der Waals surface area contributed by atoms with Gasteiger partial charge in [0.15, 0.2) is 0 Å². The molecule has 10 nitrogen and oxygen atoms in total. The molecule has 0 bridgehead atoms. The summed E-state index contributed by atoms with van der Waals surface area (Å²) in [5.74, 6) is 0. The highest BCUT2D eigenvalue weighted by atomic mass is 16.9. The first-order valence-corrected chi connectivity index (χ1v) is 2.83. The molecule has 0 saturated carbocycles. The molecule has 0 radical (unpaired) electrons. The van der Waals surface area contributed by atoms with Crippen LogP contribution in [0.5, 0.6) is 0 Å². The van der Waals surface area contributed by atoms with Gasteiger partial charge < -0.3 is 10.4 Å². The van der Waals surface area contributed by atoms with Gasteiger partial charge in [-0.25, -0.2) is 0 Å². The standard InChI is InChI=1S/C4H4N2.2HNO3/c1-2-6-4-3-5-1;2*2-1(3)4/h1-4H;2*(H,2,3,4). The third-order valence-electron chi connectivity index (χ3n) is 0.478. The third-order valence-corrected chi connectivity index (χ3v) is 0.478. The van der Waals surface area contributed by atoms with Gasteiger partial charge in [0, 0.05) is 24.8 Å². The van der Waals surface area contributed by atoms with Gasteiger partial charge in [0.05, 0.1) is 0 Å². The summed E-state index contributed by atoms with van der Waals surface area (Å²) in [6.07, 6.45) is 6.56. The van der Waals surface area contributed by atoms with Gasteiger partial charge >= 0.3 is 0 Å². The molecule has 0 unspecified atom stereocenters. The first-order valence-electron chi connectivity index (χ1n) is 2.83. The van der Waals surface area contributed by atoms with Crippen LogP contribution >= 0.6 is 0 Å². The summed E-state index contributed by atoms with van der Waals surface area (Å²) >= 11 is 0. The van der Waals surface area contributed by atoms with Gasteiger partial charge in [0.25, 0.3) is 10.2 Å². The number of hydrogen-bond donors (Lipinski definition) is 2. The first kappa shape index (κ1) is 14.0. The van der Waals surface area contributed by atoms with E-state index in [0.717, 1.165) is 0 Å². The molecule has 0 fully saturated rings. The van der Waals surface area contributed by atoms with Gasteiger partial charge in [0.1, 0.15) is 0 Å². The van der Waals surface area contributed by atoms with Crippen LogP contribution in [0, 0.1) is 20.2 Å². The van der Waals surface area contributed by atoms with Crippen LogP contribution in [-0.2, 0) is 0 Å². The molecule has 0 aliphatic carbocycles. The topological polar surface area (TPSA) is 153 Å². The van der Waals surface area contributed by atoms with E-state index < -0.39 is 10.2 Å². The molecule has 1 aromatic rings. The maximum Gasteiger partial charge on any atom is 0.291 e. The quantitative estimate of drug-likeness (QED) is 0.436. The van der Waals surface area contributed by atoms with E-state index in [9.17, 15) is 0 Å². The zero-order valence-corrected chi connectivity index (χ0v) is 6.63. The van der Waals surface area contributed by atoms with Crippen molar-refractivity contribution in [3.05, 3.63) is 45.0 Å². The minimum atomic E-state index is -1.50. The summed E-state index contributed by atoms with van der Waals surface area (Å²) in [5.41, 5.74) is 0. The average molecular weight is 206 g/mol. The monoisotopic (exact) mass is 206 g/mol. The van der Waals surface area contributed by atoms with E-state index in [4.69, 9.17) is 30.6 Å². The molecular formula is C4H6N4O6. The molecule has 10 heteroatoms. The van der Waals surface area contributed by atoms with Crippen LogP contribution in [0.4, 0.5) is 0 Å². The van der Waals surface area contributed by atoms with Crippen LogP contribution in [0.2, 0.25) is 0 Å². The van der Waals surface area contributed by atoms with E-state index in [1.807, 2.05) is 0 Å². The van der Waals surface area contributed by atoms with Crippen molar-refractivity contribution in [2.45, 2.75) is 0 Å². The molecule has 2 N–H and O–H groups in total. The summed E-state index contributed by atoms with van der Waals surface area (Å²) in [4.78, 5) is 24.2. The van der Waals surface area contributed by atoms with Crippen LogP contribution in [-0.4, -0.2) is 30.6 Å². The van der Waals surface area contributed by atoms with Crippen LogP contribution in [0.25, 0.3) is 0 Å². The van der Waals surface area contributed by atoms with Crippen LogP contribution < -0.4 is 0 Å². The molecule has 14 heavy (non-hydrogen) atoms. The molecule has 1 heterocycles. The highest BCUT2D eigenvalue weighted by Crippen LogP contribution is 1.65. The SMILES string of the molecule is O=[N+]([O-])O.O=[N+]([O-])O.c1cnccn1. The van der Waals surface area contributed by atoms with Crippen molar-refractivity contribution in [2.75, 3.05) is 0 Å². The summed E-state index contributed by atoms with van der Waals surface area (Å²) in [6.45, 7) is 0. The molecule has 0 aliphatic rings. The summed E-state index contributed by atoms with van der Waals surface area (Å²) in [5, 5.41) is 27.3. The average Bonchev–Trinajstić information content (AvgIpc) is 2.05. The number of rotatable bonds is 0. The Kier molecular flexibility index (Phi) is 10.5. The van der Waals surface area contributed by atoms with E-state index in [1.165, 1.54) is 0 Å². The Bertz CT molecular complexity index is 207. The molecule has 0 atom stereocenters. The van der Waals surface area contributed by atoms with Gasteiger partial charge in [-0.1, -0.05) is 0 Å². The first-order chi connectivity index (χ1) is 6.46. The van der Waals surface area contributed by atoms with Crippen molar-refractivity contribution in [1.29, 1.82) is 0 Å². The fourth-order valence-electron chi connectivity index (χ4n) is 0.253. The lowest BCUT2D eigenvalue weighted by Gasteiger charge is -1.70. The number of aromatic nitrogens is 2. The van der Waals surface area contributed by atoms with E-state index in [1.54, 1.807) is 24.8 Å². The van der Waals surface area contributed by atoms with Crippen molar-refractivity contribution in [3.63, 3.8) is 0 Å². The number of hydrogen-bond acceptors (Lipinski definition) is 6. The van der Waals surface area contributed by atoms with E-state index in [2.05, 4.69) is 9.97 Å². The number of nitrogens with zero attached hydrogens (tertiary/aromatic N) is 4. The van der Waals surface area contributed by atoms with Crippen molar-refractivity contribution >= 4 is 0 Å². The lowest BCUT2D eigenvalue weighted by atomic mass is 10.8. The molecule has 0 amide bonds. The van der Waals surface area contributed by atoms with Gasteiger partial charge in [-0.2, -0.15) is 0 Å². The smallest absolute Gasteiger partial charge is 0.291 e. The Balaban J connectivity index is 0. The Morgan fingerprint density at radius 1 is 0.857 bits per heavy atom. The van der Waals surface area contributed by atoms with Crippen LogP contribution in [0.1, 0.15) is 0 Å². The fourth-order valence-corrected chi connectivity index (χ4v) is 0.253. The zero-order valence-electron chi connectivity index (χ0n) is 6.63. The molecule has 0 aromatic carbocycles. The highest BCUT2D eigenvalue weighted by Gasteiger charge is 1.65.